The van der Waals surface area contributed by atoms with Crippen LogP contribution >= 0.6 is 7.60 Å². The van der Waals surface area contributed by atoms with Crippen molar-refractivity contribution in [1.82, 2.24) is 50.4 Å². The molecule has 0 aliphatic carbocycles. The number of tetrazole rings is 2. The summed E-state index contributed by atoms with van der Waals surface area (Å²) >= 11 is 0. The van der Waals surface area contributed by atoms with Gasteiger partial charge >= 0.3 is 19.8 Å². The lowest BCUT2D eigenvalue weighted by atomic mass is 10.1. The lowest BCUT2D eigenvalue weighted by molar-refractivity contribution is -0.0170. The van der Waals surface area contributed by atoms with Crippen molar-refractivity contribution < 1.29 is 51.3 Å². The summed E-state index contributed by atoms with van der Waals surface area (Å²) in [5.41, 5.74) is 2.98. The van der Waals surface area contributed by atoms with E-state index in [1.807, 2.05) is 0 Å². The monoisotopic (exact) mass is 874 g/mol. The Balaban J connectivity index is 0.753. The zero-order valence-corrected chi connectivity index (χ0v) is 34.1. The molecule has 2 unspecified atom stereocenters. The van der Waals surface area contributed by atoms with Gasteiger partial charge in [0.2, 0.25) is 11.6 Å². The molecule has 322 valence electrons. The van der Waals surface area contributed by atoms with Gasteiger partial charge in [0, 0.05) is 41.3 Å². The summed E-state index contributed by atoms with van der Waals surface area (Å²) in [5, 5.41) is 34.0. The third kappa shape index (κ3) is 9.61. The van der Waals surface area contributed by atoms with E-state index in [2.05, 4.69) is 40.8 Å². The molecule has 0 radical (unpaired) electrons. The van der Waals surface area contributed by atoms with E-state index in [-0.39, 0.29) is 55.4 Å². The maximum absolute atomic E-state index is 15.3. The molecule has 0 bridgehead atoms. The number of hydrogen-bond acceptors (Lipinski definition) is 17. The van der Waals surface area contributed by atoms with E-state index in [0.717, 1.165) is 0 Å². The SMILES string of the molecule is Cn1nnc(-c2ccc(-c3ccc(N4C[C@H](COCC(O)COP(C)(=O)OC[C@H]5CN(c6ccc(-c7ccc(-c8nnn(C)n8)nc7)c(F)c6)C(=O)O5)OC4=O)cc3F)cn2)n1. The number of aliphatic hydroxyl groups excluding tert-OH is 1. The summed E-state index contributed by atoms with van der Waals surface area (Å²) in [6, 6.07) is 15.3. The number of aryl methyl sites for hydroxylation is 2. The van der Waals surface area contributed by atoms with Crippen molar-refractivity contribution in [3.05, 3.63) is 84.7 Å². The summed E-state index contributed by atoms with van der Waals surface area (Å²) in [7, 11) is -0.489. The highest BCUT2D eigenvalue weighted by molar-refractivity contribution is 7.52. The number of hydrogen-bond donors (Lipinski definition) is 1. The van der Waals surface area contributed by atoms with Crippen LogP contribution in [-0.4, -0.2) is 132 Å². The van der Waals surface area contributed by atoms with Crippen LogP contribution in [0.1, 0.15) is 0 Å². The van der Waals surface area contributed by atoms with Crippen LogP contribution in [0.4, 0.5) is 29.7 Å². The van der Waals surface area contributed by atoms with Gasteiger partial charge in [-0.15, -0.1) is 20.4 Å². The molecule has 2 saturated heterocycles. The molecule has 0 saturated carbocycles. The smallest absolute Gasteiger partial charge is 0.414 e. The van der Waals surface area contributed by atoms with Crippen molar-refractivity contribution in [3.63, 3.8) is 0 Å². The molecule has 6 aromatic rings. The van der Waals surface area contributed by atoms with Crippen molar-refractivity contribution in [2.24, 2.45) is 14.1 Å². The summed E-state index contributed by atoms with van der Waals surface area (Å²) in [6.07, 6.45) is -1.29. The minimum Gasteiger partial charge on any atom is -0.441 e. The van der Waals surface area contributed by atoms with Crippen molar-refractivity contribution >= 4 is 31.2 Å². The summed E-state index contributed by atoms with van der Waals surface area (Å²) in [6.45, 7) is 0.154. The van der Waals surface area contributed by atoms with E-state index in [9.17, 15) is 19.3 Å². The predicted octanol–water partition coefficient (Wildman–Crippen LogP) is 4.05. The third-order valence-electron chi connectivity index (χ3n) is 9.51. The second-order valence-corrected chi connectivity index (χ2v) is 16.2. The first-order valence-corrected chi connectivity index (χ1v) is 20.9. The van der Waals surface area contributed by atoms with Gasteiger partial charge in [-0.25, -0.2) is 18.4 Å². The van der Waals surface area contributed by atoms with Crippen molar-refractivity contribution in [1.29, 1.82) is 0 Å². The van der Waals surface area contributed by atoms with Gasteiger partial charge in [-0.05, 0) is 59.0 Å². The van der Waals surface area contributed by atoms with E-state index < -0.39 is 56.3 Å². The van der Waals surface area contributed by atoms with Crippen molar-refractivity contribution in [2.45, 2.75) is 18.3 Å². The van der Waals surface area contributed by atoms with Crippen LogP contribution in [0.15, 0.2) is 73.1 Å². The van der Waals surface area contributed by atoms with Gasteiger partial charge in [0.05, 0.1) is 65.0 Å². The number of ether oxygens (including phenoxy) is 3. The Morgan fingerprint density at radius 2 is 1.24 bits per heavy atom. The number of amides is 2. The average molecular weight is 875 g/mol. The molecule has 21 nitrogen and oxygen atoms in total. The van der Waals surface area contributed by atoms with Crippen molar-refractivity contribution in [2.75, 3.05) is 56.0 Å². The van der Waals surface area contributed by atoms with Crippen LogP contribution in [-0.2, 0) is 41.9 Å². The van der Waals surface area contributed by atoms with E-state index in [1.165, 1.54) is 62.7 Å². The molecular weight excluding hydrogens is 837 g/mol. The maximum atomic E-state index is 15.3. The van der Waals surface area contributed by atoms with E-state index >= 15 is 8.78 Å². The fourth-order valence-electron chi connectivity index (χ4n) is 6.46. The zero-order valence-electron chi connectivity index (χ0n) is 33.2. The summed E-state index contributed by atoms with van der Waals surface area (Å²) in [4.78, 5) is 39.0. The standard InChI is InChI=1S/C38H37F2N12O9P/c1-49-45-35(43-47-49)33-10-4-22(14-41-33)29-8-6-24(12-31(29)39)51-16-27(60-37(51)54)20-57-18-26(53)19-58-62(3,56)59-21-28-17-52(38(55)61-28)25-7-9-30(32(40)13-25)23-5-11-34(42-15-23)36-44-48-50(2)46-36/h4-15,26-28,53H,16-21H2,1-3H3/t26?,27-,28-,62?/m1/s1. The molecule has 6 heterocycles. The molecule has 62 heavy (non-hydrogen) atoms. The molecule has 2 amide bonds. The van der Waals surface area contributed by atoms with Crippen LogP contribution in [0, 0.1) is 11.6 Å². The summed E-state index contributed by atoms with van der Waals surface area (Å²) < 4.78 is 70.5. The quantitative estimate of drug-likeness (QED) is 0.135. The van der Waals surface area contributed by atoms with Crippen LogP contribution in [0.25, 0.3) is 45.3 Å². The molecule has 0 spiro atoms. The predicted molar refractivity (Wildman–Crippen MR) is 212 cm³/mol. The fraction of sp³-hybridized carbons (Fsp3) is 0.316. The second kappa shape index (κ2) is 17.8. The van der Waals surface area contributed by atoms with Gasteiger partial charge in [0.15, 0.2) is 0 Å². The Labute approximate surface area is 350 Å². The fourth-order valence-corrected chi connectivity index (χ4v) is 7.41. The highest BCUT2D eigenvalue weighted by Crippen LogP contribution is 2.44. The van der Waals surface area contributed by atoms with Gasteiger partial charge in [0.1, 0.15) is 41.3 Å². The molecular formula is C38H37F2N12O9P. The first kappa shape index (κ1) is 42.1. The number of aromatic nitrogens is 10. The normalized spacial score (nSPS) is 17.9. The van der Waals surface area contributed by atoms with E-state index in [1.54, 1.807) is 50.5 Å². The zero-order chi connectivity index (χ0) is 43.5. The Morgan fingerprint density at radius 1 is 0.742 bits per heavy atom. The molecule has 1 N–H and O–H groups in total. The van der Waals surface area contributed by atoms with Gasteiger partial charge in [0.25, 0.3) is 0 Å². The Morgan fingerprint density at radius 3 is 1.68 bits per heavy atom. The molecule has 24 heteroatoms. The Bertz CT molecular complexity index is 2640. The maximum Gasteiger partial charge on any atom is 0.414 e. The molecule has 2 aromatic carbocycles. The minimum atomic E-state index is -3.75. The number of carbonyl (C=O) groups is 2. The summed E-state index contributed by atoms with van der Waals surface area (Å²) in [5.74, 6) is -0.523. The number of rotatable bonds is 16. The number of carbonyl (C=O) groups excluding carboxylic acids is 2. The van der Waals surface area contributed by atoms with Gasteiger partial charge in [-0.1, -0.05) is 12.1 Å². The highest BCUT2D eigenvalue weighted by Gasteiger charge is 2.36. The lowest BCUT2D eigenvalue weighted by Crippen LogP contribution is -2.28. The van der Waals surface area contributed by atoms with Crippen LogP contribution in [0.3, 0.4) is 0 Å². The minimum absolute atomic E-state index is 0.0184. The van der Waals surface area contributed by atoms with Gasteiger partial charge in [-0.2, -0.15) is 9.59 Å². The van der Waals surface area contributed by atoms with E-state index in [0.29, 0.717) is 34.2 Å². The topological polar surface area (TPSA) is 237 Å². The molecule has 8 rings (SSSR count). The number of benzene rings is 2. The van der Waals surface area contributed by atoms with Crippen LogP contribution in [0.5, 0.6) is 0 Å². The van der Waals surface area contributed by atoms with Crippen molar-refractivity contribution in [3.8, 4) is 45.3 Å². The average Bonchev–Trinajstić information content (AvgIpc) is 4.07. The molecule has 4 atom stereocenters. The number of aliphatic hydroxyl groups is 1. The first-order valence-electron chi connectivity index (χ1n) is 18.9. The number of pyridine rings is 2. The lowest BCUT2D eigenvalue weighted by Gasteiger charge is -2.19. The number of nitrogens with zero attached hydrogens (tertiary/aromatic N) is 12. The third-order valence-corrected chi connectivity index (χ3v) is 10.7. The molecule has 2 fully saturated rings. The van der Waals surface area contributed by atoms with Gasteiger partial charge < -0.3 is 28.4 Å². The highest BCUT2D eigenvalue weighted by atomic mass is 31.2. The van der Waals surface area contributed by atoms with Crippen LogP contribution in [0.2, 0.25) is 0 Å². The number of anilines is 2. The molecule has 2 aliphatic rings. The number of cyclic esters (lactones) is 2. The first-order chi connectivity index (χ1) is 29.8. The largest absolute Gasteiger partial charge is 0.441 e. The molecule has 2 aliphatic heterocycles. The van der Waals surface area contributed by atoms with Crippen LogP contribution < -0.4 is 9.80 Å². The Hall–Kier alpha value is -6.65. The number of halogens is 2. The molecule has 4 aromatic heterocycles. The van der Waals surface area contributed by atoms with Gasteiger partial charge in [-0.3, -0.25) is 24.3 Å². The second-order valence-electron chi connectivity index (χ2n) is 14.2. The van der Waals surface area contributed by atoms with E-state index in [4.69, 9.17) is 23.3 Å². The Kier molecular flexibility index (Phi) is 12.0.